The van der Waals surface area contributed by atoms with Crippen molar-refractivity contribution in [2.45, 2.75) is 20.3 Å². The first kappa shape index (κ1) is 11.0. The molecule has 1 aliphatic heterocycles. The molecular weight excluding hydrogens is 204 g/mol. The van der Waals surface area contributed by atoms with E-state index in [0.717, 1.165) is 12.2 Å². The molecule has 86 valence electrons. The van der Waals surface area contributed by atoms with E-state index in [9.17, 15) is 4.79 Å². The summed E-state index contributed by atoms with van der Waals surface area (Å²) in [5.74, 6) is 1.56. The Kier molecular flexibility index (Phi) is 3.13. The molecule has 1 heterocycles. The Labute approximate surface area is 95.4 Å². The Morgan fingerprint density at radius 2 is 1.88 bits per heavy atom. The van der Waals surface area contributed by atoms with Crippen LogP contribution in [-0.4, -0.2) is 19.0 Å². The molecule has 0 aliphatic carbocycles. The minimum absolute atomic E-state index is 0.00439. The summed E-state index contributed by atoms with van der Waals surface area (Å²) in [4.78, 5) is 11.8. The topological polar surface area (TPSA) is 35.5 Å². The lowest BCUT2D eigenvalue weighted by Gasteiger charge is -2.09. The van der Waals surface area contributed by atoms with Gasteiger partial charge in [0.05, 0.1) is 13.2 Å². The van der Waals surface area contributed by atoms with Crippen molar-refractivity contribution in [3.05, 3.63) is 23.8 Å². The quantitative estimate of drug-likeness (QED) is 0.719. The fourth-order valence-corrected chi connectivity index (χ4v) is 1.65. The molecule has 3 heteroatoms. The van der Waals surface area contributed by atoms with Crippen molar-refractivity contribution < 1.29 is 14.3 Å². The number of hydrogen-bond donors (Lipinski definition) is 0. The van der Waals surface area contributed by atoms with Crippen LogP contribution in [0.15, 0.2) is 18.2 Å². The standard InChI is InChI=1S/C13H16O3/c1-9(2)13(14)10-4-5-11-12(8-10)16-7-3-6-15-11/h4-5,8-9H,3,6-7H2,1-2H3. The molecular formula is C13H16O3. The van der Waals surface area contributed by atoms with Crippen molar-refractivity contribution in [1.82, 2.24) is 0 Å². The zero-order valence-electron chi connectivity index (χ0n) is 9.66. The van der Waals surface area contributed by atoms with Crippen molar-refractivity contribution >= 4 is 5.78 Å². The maximum atomic E-state index is 11.8. The highest BCUT2D eigenvalue weighted by Gasteiger charge is 2.15. The van der Waals surface area contributed by atoms with Gasteiger partial charge in [-0.2, -0.15) is 0 Å². The molecule has 2 rings (SSSR count). The van der Waals surface area contributed by atoms with E-state index >= 15 is 0 Å². The van der Waals surface area contributed by atoms with Gasteiger partial charge in [-0.3, -0.25) is 4.79 Å². The number of Topliss-reactive ketones (excluding diaryl/α,β-unsaturated/α-hetero) is 1. The molecule has 0 bridgehead atoms. The van der Waals surface area contributed by atoms with Gasteiger partial charge in [0.15, 0.2) is 17.3 Å². The monoisotopic (exact) mass is 220 g/mol. The lowest BCUT2D eigenvalue weighted by Crippen LogP contribution is -2.07. The highest BCUT2D eigenvalue weighted by Crippen LogP contribution is 2.31. The predicted molar refractivity (Wildman–Crippen MR) is 61.2 cm³/mol. The third kappa shape index (κ3) is 2.18. The van der Waals surface area contributed by atoms with Crippen LogP contribution in [0.5, 0.6) is 11.5 Å². The van der Waals surface area contributed by atoms with Crippen molar-refractivity contribution in [2.75, 3.05) is 13.2 Å². The van der Waals surface area contributed by atoms with Crippen LogP contribution in [0, 0.1) is 5.92 Å². The fraction of sp³-hybridized carbons (Fsp3) is 0.462. The minimum Gasteiger partial charge on any atom is -0.490 e. The van der Waals surface area contributed by atoms with Crippen LogP contribution in [0.25, 0.3) is 0 Å². The summed E-state index contributed by atoms with van der Waals surface area (Å²) in [5.41, 5.74) is 0.694. The fourth-order valence-electron chi connectivity index (χ4n) is 1.65. The van der Waals surface area contributed by atoms with Crippen LogP contribution in [0.2, 0.25) is 0 Å². The normalized spacial score (nSPS) is 14.7. The summed E-state index contributed by atoms with van der Waals surface area (Å²) in [7, 11) is 0. The van der Waals surface area contributed by atoms with Gasteiger partial charge in [0, 0.05) is 17.9 Å². The largest absolute Gasteiger partial charge is 0.490 e. The molecule has 0 atom stereocenters. The second-order valence-electron chi connectivity index (χ2n) is 4.23. The number of carbonyl (C=O) groups is 1. The number of ketones is 1. The highest BCUT2D eigenvalue weighted by molar-refractivity contribution is 5.98. The van der Waals surface area contributed by atoms with Gasteiger partial charge in [0.25, 0.3) is 0 Å². The third-order valence-corrected chi connectivity index (χ3v) is 2.56. The van der Waals surface area contributed by atoms with Crippen LogP contribution in [0.1, 0.15) is 30.6 Å². The SMILES string of the molecule is CC(C)C(=O)c1ccc2c(c1)OCCCO2. The maximum Gasteiger partial charge on any atom is 0.165 e. The van der Waals surface area contributed by atoms with Crippen molar-refractivity contribution in [3.63, 3.8) is 0 Å². The maximum absolute atomic E-state index is 11.8. The van der Waals surface area contributed by atoms with E-state index in [0.29, 0.717) is 24.5 Å². The predicted octanol–water partition coefficient (Wildman–Crippen LogP) is 2.69. The number of rotatable bonds is 2. The molecule has 0 saturated heterocycles. The van der Waals surface area contributed by atoms with Crippen molar-refractivity contribution in [3.8, 4) is 11.5 Å². The molecule has 1 aliphatic rings. The molecule has 3 nitrogen and oxygen atoms in total. The van der Waals surface area contributed by atoms with Crippen LogP contribution >= 0.6 is 0 Å². The number of carbonyl (C=O) groups excluding carboxylic acids is 1. The molecule has 0 N–H and O–H groups in total. The lowest BCUT2D eigenvalue weighted by atomic mass is 10.0. The molecule has 0 spiro atoms. The van der Waals surface area contributed by atoms with Crippen molar-refractivity contribution in [2.24, 2.45) is 5.92 Å². The smallest absolute Gasteiger partial charge is 0.165 e. The van der Waals surface area contributed by atoms with Gasteiger partial charge in [-0.05, 0) is 18.2 Å². The summed E-state index contributed by atoms with van der Waals surface area (Å²) in [6.07, 6.45) is 0.877. The van der Waals surface area contributed by atoms with Gasteiger partial charge in [0.1, 0.15) is 0 Å². The highest BCUT2D eigenvalue weighted by atomic mass is 16.5. The van der Waals surface area contributed by atoms with Gasteiger partial charge >= 0.3 is 0 Å². The number of hydrogen-bond acceptors (Lipinski definition) is 3. The second kappa shape index (κ2) is 4.56. The Balaban J connectivity index is 2.30. The lowest BCUT2D eigenvalue weighted by molar-refractivity contribution is 0.0939. The number of fused-ring (bicyclic) bond motifs is 1. The van der Waals surface area contributed by atoms with Crippen molar-refractivity contribution in [1.29, 1.82) is 0 Å². The van der Waals surface area contributed by atoms with Crippen LogP contribution in [0.3, 0.4) is 0 Å². The van der Waals surface area contributed by atoms with Crippen LogP contribution < -0.4 is 9.47 Å². The first-order valence-electron chi connectivity index (χ1n) is 5.62. The second-order valence-corrected chi connectivity index (χ2v) is 4.23. The average Bonchev–Trinajstić information content (AvgIpc) is 2.51. The zero-order chi connectivity index (χ0) is 11.5. The summed E-state index contributed by atoms with van der Waals surface area (Å²) in [6.45, 7) is 5.10. The van der Waals surface area contributed by atoms with E-state index in [1.54, 1.807) is 12.1 Å². The van der Waals surface area contributed by atoms with Gasteiger partial charge in [-0.15, -0.1) is 0 Å². The van der Waals surface area contributed by atoms with E-state index in [1.807, 2.05) is 19.9 Å². The molecule has 1 aromatic rings. The zero-order valence-corrected chi connectivity index (χ0v) is 9.66. The van der Waals surface area contributed by atoms with Gasteiger partial charge in [0.2, 0.25) is 0 Å². The van der Waals surface area contributed by atoms with Gasteiger partial charge < -0.3 is 9.47 Å². The molecule has 0 saturated carbocycles. The molecule has 0 aromatic heterocycles. The molecule has 0 amide bonds. The third-order valence-electron chi connectivity index (χ3n) is 2.56. The Bertz CT molecular complexity index is 396. The van der Waals surface area contributed by atoms with Gasteiger partial charge in [-0.1, -0.05) is 13.8 Å². The van der Waals surface area contributed by atoms with Crippen LogP contribution in [-0.2, 0) is 0 Å². The van der Waals surface area contributed by atoms with E-state index in [4.69, 9.17) is 9.47 Å². The van der Waals surface area contributed by atoms with E-state index in [1.165, 1.54) is 0 Å². The Morgan fingerprint density at radius 3 is 2.56 bits per heavy atom. The Morgan fingerprint density at radius 1 is 1.19 bits per heavy atom. The van der Waals surface area contributed by atoms with E-state index < -0.39 is 0 Å². The molecule has 16 heavy (non-hydrogen) atoms. The first-order chi connectivity index (χ1) is 7.68. The molecule has 1 aromatic carbocycles. The summed E-state index contributed by atoms with van der Waals surface area (Å²) < 4.78 is 11.0. The summed E-state index contributed by atoms with van der Waals surface area (Å²) in [6, 6.07) is 5.40. The van der Waals surface area contributed by atoms with E-state index in [2.05, 4.69) is 0 Å². The summed E-state index contributed by atoms with van der Waals surface area (Å²) in [5, 5.41) is 0. The molecule has 0 fully saturated rings. The van der Waals surface area contributed by atoms with Gasteiger partial charge in [-0.25, -0.2) is 0 Å². The Hall–Kier alpha value is -1.51. The molecule has 0 radical (unpaired) electrons. The summed E-state index contributed by atoms with van der Waals surface area (Å²) >= 11 is 0. The number of benzene rings is 1. The first-order valence-corrected chi connectivity index (χ1v) is 5.62. The average molecular weight is 220 g/mol. The molecule has 0 unspecified atom stereocenters. The minimum atomic E-state index is 0.00439. The van der Waals surface area contributed by atoms with Crippen LogP contribution in [0.4, 0.5) is 0 Å². The van der Waals surface area contributed by atoms with E-state index in [-0.39, 0.29) is 11.7 Å². The number of ether oxygens (including phenoxy) is 2.